The Morgan fingerprint density at radius 1 is 1.28 bits per heavy atom. The SMILES string of the molecule is CC[NH+](CC)C[C@H](C)OC(=O)c1ccc(Br)cc1. The van der Waals surface area contributed by atoms with Crippen molar-refractivity contribution >= 4 is 21.9 Å². The van der Waals surface area contributed by atoms with Gasteiger partial charge in [-0.25, -0.2) is 4.79 Å². The van der Waals surface area contributed by atoms with Crippen molar-refractivity contribution in [2.45, 2.75) is 26.9 Å². The summed E-state index contributed by atoms with van der Waals surface area (Å²) in [5.74, 6) is -0.249. The van der Waals surface area contributed by atoms with Crippen molar-refractivity contribution in [2.75, 3.05) is 19.6 Å². The summed E-state index contributed by atoms with van der Waals surface area (Å²) in [4.78, 5) is 13.3. The van der Waals surface area contributed by atoms with Gasteiger partial charge in [0.1, 0.15) is 12.6 Å². The summed E-state index contributed by atoms with van der Waals surface area (Å²) in [7, 11) is 0. The molecule has 0 radical (unpaired) electrons. The maximum Gasteiger partial charge on any atom is 0.338 e. The van der Waals surface area contributed by atoms with Crippen LogP contribution >= 0.6 is 15.9 Å². The molecule has 1 N–H and O–H groups in total. The number of halogens is 1. The van der Waals surface area contributed by atoms with E-state index in [1.165, 1.54) is 4.90 Å². The molecule has 1 aromatic rings. The van der Waals surface area contributed by atoms with Crippen molar-refractivity contribution in [2.24, 2.45) is 0 Å². The maximum absolute atomic E-state index is 11.9. The number of carbonyl (C=O) groups excluding carboxylic acids is 1. The maximum atomic E-state index is 11.9. The molecule has 0 saturated heterocycles. The standard InChI is InChI=1S/C14H20BrNO2/c1-4-16(5-2)10-11(3)18-14(17)12-6-8-13(15)9-7-12/h6-9,11H,4-5,10H2,1-3H3/p+1/t11-/m0/s1. The molecule has 0 aliphatic carbocycles. The lowest BCUT2D eigenvalue weighted by molar-refractivity contribution is -0.899. The van der Waals surface area contributed by atoms with Crippen LogP contribution in [0.2, 0.25) is 0 Å². The average Bonchev–Trinajstić information content (AvgIpc) is 2.36. The summed E-state index contributed by atoms with van der Waals surface area (Å²) in [6.45, 7) is 9.19. The van der Waals surface area contributed by atoms with Crippen molar-refractivity contribution in [3.63, 3.8) is 0 Å². The molecule has 0 spiro atoms. The molecule has 18 heavy (non-hydrogen) atoms. The molecule has 0 unspecified atom stereocenters. The Balaban J connectivity index is 2.51. The number of ether oxygens (including phenoxy) is 1. The van der Waals surface area contributed by atoms with Crippen molar-refractivity contribution in [1.29, 1.82) is 0 Å². The number of hydrogen-bond acceptors (Lipinski definition) is 2. The van der Waals surface area contributed by atoms with Gasteiger partial charge >= 0.3 is 5.97 Å². The summed E-state index contributed by atoms with van der Waals surface area (Å²) in [5, 5.41) is 0. The molecule has 4 heteroatoms. The van der Waals surface area contributed by atoms with Gasteiger partial charge in [-0.15, -0.1) is 0 Å². The number of likely N-dealkylation sites (N-methyl/N-ethyl adjacent to an activating group) is 1. The van der Waals surface area contributed by atoms with Crippen LogP contribution in [0.3, 0.4) is 0 Å². The second-order valence-corrected chi connectivity index (χ2v) is 5.30. The summed E-state index contributed by atoms with van der Waals surface area (Å²) < 4.78 is 6.39. The second kappa shape index (κ2) is 7.54. The molecule has 1 aromatic carbocycles. The van der Waals surface area contributed by atoms with Crippen LogP contribution in [0.4, 0.5) is 0 Å². The Bertz CT molecular complexity index is 374. The first-order valence-electron chi connectivity index (χ1n) is 6.36. The minimum atomic E-state index is -0.249. The zero-order valence-electron chi connectivity index (χ0n) is 11.2. The van der Waals surface area contributed by atoms with E-state index >= 15 is 0 Å². The molecule has 0 saturated carbocycles. The highest BCUT2D eigenvalue weighted by atomic mass is 79.9. The van der Waals surface area contributed by atoms with Gasteiger partial charge in [0, 0.05) is 4.47 Å². The number of benzene rings is 1. The van der Waals surface area contributed by atoms with Gasteiger partial charge in [-0.05, 0) is 45.0 Å². The van der Waals surface area contributed by atoms with Crippen LogP contribution < -0.4 is 4.90 Å². The average molecular weight is 315 g/mol. The predicted molar refractivity (Wildman–Crippen MR) is 75.9 cm³/mol. The van der Waals surface area contributed by atoms with Gasteiger partial charge in [-0.2, -0.15) is 0 Å². The normalized spacial score (nSPS) is 12.5. The van der Waals surface area contributed by atoms with E-state index in [0.29, 0.717) is 5.56 Å². The van der Waals surface area contributed by atoms with Gasteiger partial charge in [-0.1, -0.05) is 15.9 Å². The lowest BCUT2D eigenvalue weighted by atomic mass is 10.2. The first kappa shape index (κ1) is 15.2. The first-order valence-corrected chi connectivity index (χ1v) is 7.16. The third-order valence-electron chi connectivity index (χ3n) is 2.96. The molecule has 3 nitrogen and oxygen atoms in total. The molecule has 0 bridgehead atoms. The molecule has 1 rings (SSSR count). The molecule has 0 fully saturated rings. The molecular weight excluding hydrogens is 294 g/mol. The first-order chi connectivity index (χ1) is 8.56. The van der Waals surface area contributed by atoms with Crippen LogP contribution in [0.5, 0.6) is 0 Å². The fraction of sp³-hybridized carbons (Fsp3) is 0.500. The van der Waals surface area contributed by atoms with Crippen molar-refractivity contribution in [3.05, 3.63) is 34.3 Å². The lowest BCUT2D eigenvalue weighted by Gasteiger charge is -2.20. The van der Waals surface area contributed by atoms with Gasteiger partial charge in [0.05, 0.1) is 18.7 Å². The summed E-state index contributed by atoms with van der Waals surface area (Å²) in [5.41, 5.74) is 0.597. The van der Waals surface area contributed by atoms with Gasteiger partial charge in [0.2, 0.25) is 0 Å². The van der Waals surface area contributed by atoms with E-state index in [4.69, 9.17) is 4.74 Å². The van der Waals surface area contributed by atoms with Crippen LogP contribution in [0, 0.1) is 0 Å². The zero-order valence-corrected chi connectivity index (χ0v) is 12.8. The summed E-state index contributed by atoms with van der Waals surface area (Å²) >= 11 is 3.34. The Morgan fingerprint density at radius 3 is 2.33 bits per heavy atom. The number of rotatable bonds is 6. The van der Waals surface area contributed by atoms with Crippen LogP contribution in [0.1, 0.15) is 31.1 Å². The van der Waals surface area contributed by atoms with Crippen molar-refractivity contribution < 1.29 is 14.4 Å². The molecule has 0 aromatic heterocycles. The number of carbonyl (C=O) groups is 1. The topological polar surface area (TPSA) is 30.7 Å². The molecule has 100 valence electrons. The second-order valence-electron chi connectivity index (χ2n) is 4.38. The van der Waals surface area contributed by atoms with Crippen LogP contribution in [-0.4, -0.2) is 31.7 Å². The Hall–Kier alpha value is -0.870. The van der Waals surface area contributed by atoms with Crippen LogP contribution in [-0.2, 0) is 4.74 Å². The van der Waals surface area contributed by atoms with E-state index < -0.39 is 0 Å². The van der Waals surface area contributed by atoms with E-state index in [1.807, 2.05) is 19.1 Å². The van der Waals surface area contributed by atoms with Gasteiger partial charge in [-0.3, -0.25) is 0 Å². The van der Waals surface area contributed by atoms with Crippen molar-refractivity contribution in [3.8, 4) is 0 Å². The van der Waals surface area contributed by atoms with Gasteiger partial charge in [0.15, 0.2) is 0 Å². The highest BCUT2D eigenvalue weighted by Gasteiger charge is 2.15. The minimum Gasteiger partial charge on any atom is -0.453 e. The van der Waals surface area contributed by atoms with Crippen LogP contribution in [0.25, 0.3) is 0 Å². The van der Waals surface area contributed by atoms with E-state index in [0.717, 1.165) is 24.1 Å². The fourth-order valence-electron chi connectivity index (χ4n) is 1.82. The van der Waals surface area contributed by atoms with Crippen LogP contribution in [0.15, 0.2) is 28.7 Å². The number of esters is 1. The monoisotopic (exact) mass is 314 g/mol. The van der Waals surface area contributed by atoms with E-state index in [9.17, 15) is 4.79 Å². The van der Waals surface area contributed by atoms with Gasteiger partial charge < -0.3 is 9.64 Å². The van der Waals surface area contributed by atoms with E-state index in [2.05, 4.69) is 29.8 Å². The summed E-state index contributed by atoms with van der Waals surface area (Å²) in [6, 6.07) is 7.22. The molecule has 0 heterocycles. The molecular formula is C14H21BrNO2+. The number of hydrogen-bond donors (Lipinski definition) is 1. The lowest BCUT2D eigenvalue weighted by Crippen LogP contribution is -3.12. The highest BCUT2D eigenvalue weighted by molar-refractivity contribution is 9.10. The Morgan fingerprint density at radius 2 is 1.83 bits per heavy atom. The number of nitrogens with one attached hydrogen (secondary N) is 1. The molecule has 1 atom stereocenters. The molecule has 0 amide bonds. The van der Waals surface area contributed by atoms with E-state index in [-0.39, 0.29) is 12.1 Å². The Labute approximate surface area is 117 Å². The predicted octanol–water partition coefficient (Wildman–Crippen LogP) is 1.92. The Kier molecular flexibility index (Phi) is 6.36. The largest absolute Gasteiger partial charge is 0.453 e. The highest BCUT2D eigenvalue weighted by Crippen LogP contribution is 2.11. The molecule has 0 aliphatic rings. The van der Waals surface area contributed by atoms with Gasteiger partial charge in [0.25, 0.3) is 0 Å². The fourth-order valence-corrected chi connectivity index (χ4v) is 2.09. The zero-order chi connectivity index (χ0) is 13.5. The van der Waals surface area contributed by atoms with Crippen molar-refractivity contribution in [1.82, 2.24) is 0 Å². The summed E-state index contributed by atoms with van der Waals surface area (Å²) in [6.07, 6.45) is -0.0592. The molecule has 0 aliphatic heterocycles. The smallest absolute Gasteiger partial charge is 0.338 e. The quantitative estimate of drug-likeness (QED) is 0.813. The minimum absolute atomic E-state index is 0.0592. The van der Waals surface area contributed by atoms with E-state index in [1.54, 1.807) is 12.1 Å². The number of quaternary nitrogens is 1. The third kappa shape index (κ3) is 4.78. The third-order valence-corrected chi connectivity index (χ3v) is 3.49.